The van der Waals surface area contributed by atoms with Gasteiger partial charge < -0.3 is 15.3 Å². The minimum Gasteiger partial charge on any atom is -0.396 e. The minimum absolute atomic E-state index is 0.268. The molecular weight excluding hydrogens is 328 g/mol. The number of anilines is 1. The zero-order valence-corrected chi connectivity index (χ0v) is 14.1. The van der Waals surface area contributed by atoms with Crippen LogP contribution in [0.15, 0.2) is 22.7 Å². The molecule has 21 heavy (non-hydrogen) atoms. The molecule has 4 heteroatoms. The van der Waals surface area contributed by atoms with Crippen LogP contribution in [0, 0.1) is 0 Å². The summed E-state index contributed by atoms with van der Waals surface area (Å²) in [7, 11) is 0. The molecule has 1 aromatic rings. The van der Waals surface area contributed by atoms with Gasteiger partial charge in [-0.05, 0) is 72.2 Å². The van der Waals surface area contributed by atoms with Crippen LogP contribution in [0.2, 0.25) is 0 Å². The monoisotopic (exact) mass is 352 g/mol. The fourth-order valence-corrected chi connectivity index (χ4v) is 3.54. The molecule has 2 fully saturated rings. The van der Waals surface area contributed by atoms with Gasteiger partial charge in [0.2, 0.25) is 0 Å². The molecule has 0 heterocycles. The second-order valence-corrected chi connectivity index (χ2v) is 7.15. The maximum atomic E-state index is 9.13. The lowest BCUT2D eigenvalue weighted by molar-refractivity contribution is 0.283. The molecule has 0 saturated heterocycles. The first-order valence-corrected chi connectivity index (χ1v) is 8.96. The van der Waals surface area contributed by atoms with Gasteiger partial charge in [0.05, 0.1) is 5.69 Å². The van der Waals surface area contributed by atoms with Crippen molar-refractivity contribution in [2.24, 2.45) is 0 Å². The lowest BCUT2D eigenvalue weighted by Gasteiger charge is -2.40. The van der Waals surface area contributed by atoms with Crippen LogP contribution in [0.1, 0.15) is 44.1 Å². The Hall–Kier alpha value is -0.580. The Labute approximate surface area is 135 Å². The van der Waals surface area contributed by atoms with Crippen molar-refractivity contribution < 1.29 is 5.11 Å². The molecule has 0 spiro atoms. The van der Waals surface area contributed by atoms with E-state index in [9.17, 15) is 0 Å². The molecule has 0 unspecified atom stereocenters. The summed E-state index contributed by atoms with van der Waals surface area (Å²) in [5.41, 5.74) is 2.62. The first kappa shape index (κ1) is 15.3. The van der Waals surface area contributed by atoms with Crippen LogP contribution in [0.3, 0.4) is 0 Å². The molecule has 0 radical (unpaired) electrons. The highest BCUT2D eigenvalue weighted by molar-refractivity contribution is 9.10. The van der Waals surface area contributed by atoms with E-state index < -0.39 is 0 Å². The van der Waals surface area contributed by atoms with Crippen molar-refractivity contribution in [2.75, 3.05) is 18.1 Å². The highest BCUT2D eigenvalue weighted by atomic mass is 79.9. The third-order valence-corrected chi connectivity index (χ3v) is 5.20. The van der Waals surface area contributed by atoms with Gasteiger partial charge in [-0.2, -0.15) is 0 Å². The molecule has 2 saturated carbocycles. The number of rotatable bonds is 8. The van der Waals surface area contributed by atoms with Crippen molar-refractivity contribution in [3.63, 3.8) is 0 Å². The van der Waals surface area contributed by atoms with Gasteiger partial charge in [-0.15, -0.1) is 0 Å². The summed E-state index contributed by atoms with van der Waals surface area (Å²) in [6.45, 7) is 2.17. The van der Waals surface area contributed by atoms with E-state index in [1.165, 1.54) is 47.8 Å². The van der Waals surface area contributed by atoms with Gasteiger partial charge in [0.1, 0.15) is 0 Å². The molecule has 2 N–H and O–H groups in total. The Morgan fingerprint density at radius 3 is 2.62 bits per heavy atom. The van der Waals surface area contributed by atoms with Crippen molar-refractivity contribution in [3.05, 3.63) is 28.2 Å². The van der Waals surface area contributed by atoms with Crippen LogP contribution in [-0.2, 0) is 6.54 Å². The molecule has 1 aromatic carbocycles. The molecule has 0 amide bonds. The highest BCUT2D eigenvalue weighted by Crippen LogP contribution is 2.35. The second-order valence-electron chi connectivity index (χ2n) is 6.30. The standard InChI is InChI=1S/C17H25BrN2O/c18-16-11-13(12-19-14-6-7-14)5-8-17(16)20(9-2-10-21)15-3-1-4-15/h5,8,11,14-15,19,21H,1-4,6-7,9-10,12H2. The van der Waals surface area contributed by atoms with Crippen LogP contribution in [-0.4, -0.2) is 30.3 Å². The third-order valence-electron chi connectivity index (χ3n) is 4.57. The van der Waals surface area contributed by atoms with E-state index in [1.54, 1.807) is 0 Å². The summed E-state index contributed by atoms with van der Waals surface area (Å²) in [5.74, 6) is 0. The number of halogens is 1. The smallest absolute Gasteiger partial charge is 0.0513 e. The highest BCUT2D eigenvalue weighted by Gasteiger charge is 2.26. The predicted molar refractivity (Wildman–Crippen MR) is 90.7 cm³/mol. The van der Waals surface area contributed by atoms with Crippen LogP contribution >= 0.6 is 15.9 Å². The SMILES string of the molecule is OCCCN(c1ccc(CNC2CC2)cc1Br)C1CCC1. The van der Waals surface area contributed by atoms with Crippen molar-refractivity contribution in [1.82, 2.24) is 5.32 Å². The Bertz CT molecular complexity index is 472. The first-order chi connectivity index (χ1) is 10.3. The molecular formula is C17H25BrN2O. The summed E-state index contributed by atoms with van der Waals surface area (Å²) in [4.78, 5) is 2.47. The van der Waals surface area contributed by atoms with E-state index >= 15 is 0 Å². The van der Waals surface area contributed by atoms with E-state index in [4.69, 9.17) is 5.11 Å². The van der Waals surface area contributed by atoms with Gasteiger partial charge in [-0.3, -0.25) is 0 Å². The van der Waals surface area contributed by atoms with Crippen LogP contribution in [0.25, 0.3) is 0 Å². The molecule has 3 nitrogen and oxygen atoms in total. The van der Waals surface area contributed by atoms with Gasteiger partial charge in [0.15, 0.2) is 0 Å². The van der Waals surface area contributed by atoms with Crippen molar-refractivity contribution in [3.8, 4) is 0 Å². The lowest BCUT2D eigenvalue weighted by Crippen LogP contribution is -2.41. The molecule has 0 atom stereocenters. The number of hydrogen-bond acceptors (Lipinski definition) is 3. The first-order valence-electron chi connectivity index (χ1n) is 8.17. The van der Waals surface area contributed by atoms with Crippen molar-refractivity contribution >= 4 is 21.6 Å². The fraction of sp³-hybridized carbons (Fsp3) is 0.647. The van der Waals surface area contributed by atoms with Crippen molar-refractivity contribution in [1.29, 1.82) is 0 Å². The Balaban J connectivity index is 1.68. The molecule has 2 aliphatic carbocycles. The second kappa shape index (κ2) is 7.12. The third kappa shape index (κ3) is 3.99. The van der Waals surface area contributed by atoms with E-state index in [0.717, 1.165) is 25.6 Å². The molecule has 0 aliphatic heterocycles. The number of nitrogens with zero attached hydrogens (tertiary/aromatic N) is 1. The Kier molecular flexibility index (Phi) is 5.19. The molecule has 0 bridgehead atoms. The van der Waals surface area contributed by atoms with Crippen LogP contribution < -0.4 is 10.2 Å². The van der Waals surface area contributed by atoms with Crippen LogP contribution in [0.4, 0.5) is 5.69 Å². The summed E-state index contributed by atoms with van der Waals surface area (Å²) in [6, 6.07) is 8.13. The van der Waals surface area contributed by atoms with E-state index in [2.05, 4.69) is 44.3 Å². The zero-order valence-electron chi connectivity index (χ0n) is 12.5. The number of aliphatic hydroxyl groups is 1. The largest absolute Gasteiger partial charge is 0.396 e. The van der Waals surface area contributed by atoms with Gasteiger partial charge in [0, 0.05) is 36.3 Å². The van der Waals surface area contributed by atoms with Gasteiger partial charge >= 0.3 is 0 Å². The van der Waals surface area contributed by atoms with Gasteiger partial charge in [0.25, 0.3) is 0 Å². The summed E-state index contributed by atoms with van der Waals surface area (Å²) >= 11 is 3.75. The van der Waals surface area contributed by atoms with E-state index in [1.807, 2.05) is 0 Å². The summed E-state index contributed by atoms with van der Waals surface area (Å²) in [6.07, 6.45) is 7.40. The lowest BCUT2D eigenvalue weighted by atomic mass is 9.91. The summed E-state index contributed by atoms with van der Waals surface area (Å²) in [5, 5.41) is 12.7. The van der Waals surface area contributed by atoms with E-state index in [-0.39, 0.29) is 6.61 Å². The predicted octanol–water partition coefficient (Wildman–Crippen LogP) is 3.44. The van der Waals surface area contributed by atoms with Gasteiger partial charge in [-0.25, -0.2) is 0 Å². The minimum atomic E-state index is 0.268. The van der Waals surface area contributed by atoms with Crippen LogP contribution in [0.5, 0.6) is 0 Å². The number of nitrogens with one attached hydrogen (secondary N) is 1. The number of benzene rings is 1. The number of aliphatic hydroxyl groups excluding tert-OH is 1. The molecule has 2 aliphatic rings. The number of hydrogen-bond donors (Lipinski definition) is 2. The molecule has 0 aromatic heterocycles. The average Bonchev–Trinajstić information content (AvgIpc) is 3.23. The maximum Gasteiger partial charge on any atom is 0.0513 e. The maximum absolute atomic E-state index is 9.13. The molecule has 116 valence electrons. The Morgan fingerprint density at radius 1 is 1.24 bits per heavy atom. The average molecular weight is 353 g/mol. The Morgan fingerprint density at radius 2 is 2.05 bits per heavy atom. The normalized spacial score (nSPS) is 18.6. The zero-order chi connectivity index (χ0) is 14.7. The topological polar surface area (TPSA) is 35.5 Å². The fourth-order valence-electron chi connectivity index (χ4n) is 2.88. The van der Waals surface area contributed by atoms with Gasteiger partial charge in [-0.1, -0.05) is 6.07 Å². The molecule has 3 rings (SSSR count). The van der Waals surface area contributed by atoms with E-state index in [0.29, 0.717) is 6.04 Å². The van der Waals surface area contributed by atoms with Crippen molar-refractivity contribution in [2.45, 2.75) is 57.2 Å². The quantitative estimate of drug-likeness (QED) is 0.752. The summed E-state index contributed by atoms with van der Waals surface area (Å²) < 4.78 is 1.18.